The second-order valence-electron chi connectivity index (χ2n) is 7.76. The molecule has 0 fully saturated rings. The fraction of sp³-hybridized carbons (Fsp3) is 0.185. The number of benzene rings is 3. The van der Waals surface area contributed by atoms with E-state index in [9.17, 15) is 4.79 Å². The van der Waals surface area contributed by atoms with Gasteiger partial charge >= 0.3 is 0 Å². The van der Waals surface area contributed by atoms with Gasteiger partial charge < -0.3 is 27.9 Å². The van der Waals surface area contributed by atoms with Crippen LogP contribution in [0.5, 0.6) is 23.0 Å². The van der Waals surface area contributed by atoms with Crippen LogP contribution in [0.15, 0.2) is 76.2 Å². The van der Waals surface area contributed by atoms with Gasteiger partial charge in [0.1, 0.15) is 29.1 Å². The summed E-state index contributed by atoms with van der Waals surface area (Å²) in [4.78, 5) is 17.6. The van der Waals surface area contributed by atoms with Gasteiger partial charge in [-0.25, -0.2) is 4.98 Å². The summed E-state index contributed by atoms with van der Waals surface area (Å²) in [7, 11) is 4.47. The fourth-order valence-electron chi connectivity index (χ4n) is 4.16. The number of nitrogens with zero attached hydrogens (tertiary/aromatic N) is 2. The van der Waals surface area contributed by atoms with E-state index in [0.29, 0.717) is 47.3 Å². The van der Waals surface area contributed by atoms with Gasteiger partial charge in [-0.3, -0.25) is 4.79 Å². The van der Waals surface area contributed by atoms with Crippen molar-refractivity contribution in [1.29, 1.82) is 0 Å². The van der Waals surface area contributed by atoms with Crippen LogP contribution in [0.2, 0.25) is 0 Å². The molecule has 0 aliphatic carbocycles. The van der Waals surface area contributed by atoms with Gasteiger partial charge in [0.15, 0.2) is 16.9 Å². The molecule has 0 spiro atoms. The number of rotatable bonds is 8. The van der Waals surface area contributed by atoms with E-state index in [-0.39, 0.29) is 16.6 Å². The van der Waals surface area contributed by atoms with Crippen LogP contribution in [0.25, 0.3) is 33.3 Å². The first kappa shape index (κ1) is 22.3. The molecular formula is C27H24N2O6. The SMILES string of the molecule is COc1cc2oc(-c3ccccc3OCCn3cnc4ccccc43)cc(=O)c2c(OC)c1OC. The zero-order chi connectivity index (χ0) is 24.4. The van der Waals surface area contributed by atoms with E-state index in [2.05, 4.69) is 4.98 Å². The Morgan fingerprint density at radius 3 is 2.46 bits per heavy atom. The first-order chi connectivity index (χ1) is 17.1. The van der Waals surface area contributed by atoms with Crippen molar-refractivity contribution in [1.82, 2.24) is 9.55 Å². The minimum atomic E-state index is -0.265. The quantitative estimate of drug-likeness (QED) is 0.317. The summed E-state index contributed by atoms with van der Waals surface area (Å²) in [6.07, 6.45) is 1.80. The van der Waals surface area contributed by atoms with Crippen LogP contribution in [-0.2, 0) is 6.54 Å². The Morgan fingerprint density at radius 2 is 1.66 bits per heavy atom. The van der Waals surface area contributed by atoms with Gasteiger partial charge in [0, 0.05) is 12.1 Å². The number of methoxy groups -OCH3 is 3. The minimum absolute atomic E-state index is 0.263. The van der Waals surface area contributed by atoms with Crippen molar-refractivity contribution in [3.05, 3.63) is 77.2 Å². The molecule has 0 aliphatic heterocycles. The first-order valence-corrected chi connectivity index (χ1v) is 11.0. The van der Waals surface area contributed by atoms with E-state index in [1.54, 1.807) is 12.4 Å². The third-order valence-electron chi connectivity index (χ3n) is 5.79. The average Bonchev–Trinajstić information content (AvgIpc) is 3.30. The molecule has 0 N–H and O–H groups in total. The van der Waals surface area contributed by atoms with Crippen molar-refractivity contribution in [2.75, 3.05) is 27.9 Å². The number of fused-ring (bicyclic) bond motifs is 2. The molecule has 0 amide bonds. The molecule has 3 aromatic carbocycles. The molecule has 178 valence electrons. The van der Waals surface area contributed by atoms with Crippen molar-refractivity contribution in [3.63, 3.8) is 0 Å². The second-order valence-corrected chi connectivity index (χ2v) is 7.76. The van der Waals surface area contributed by atoms with Crippen LogP contribution in [-0.4, -0.2) is 37.5 Å². The molecule has 0 atom stereocenters. The average molecular weight is 472 g/mol. The Bertz CT molecular complexity index is 1570. The molecule has 5 aromatic rings. The van der Waals surface area contributed by atoms with Crippen LogP contribution in [0.4, 0.5) is 0 Å². The summed E-state index contributed by atoms with van der Waals surface area (Å²) in [5, 5.41) is 0.277. The maximum atomic E-state index is 13.1. The normalized spacial score (nSPS) is 11.1. The first-order valence-electron chi connectivity index (χ1n) is 11.0. The van der Waals surface area contributed by atoms with Crippen LogP contribution in [0.1, 0.15) is 0 Å². The lowest BCUT2D eigenvalue weighted by molar-refractivity contribution is 0.300. The maximum Gasteiger partial charge on any atom is 0.204 e. The van der Waals surface area contributed by atoms with E-state index < -0.39 is 0 Å². The van der Waals surface area contributed by atoms with Gasteiger partial charge in [-0.15, -0.1) is 0 Å². The summed E-state index contributed by atoms with van der Waals surface area (Å²) in [6.45, 7) is 1.03. The zero-order valence-electron chi connectivity index (χ0n) is 19.6. The summed E-state index contributed by atoms with van der Waals surface area (Å²) in [5.41, 5.74) is 2.70. The van der Waals surface area contributed by atoms with E-state index in [4.69, 9.17) is 23.4 Å². The van der Waals surface area contributed by atoms with Crippen molar-refractivity contribution in [2.24, 2.45) is 0 Å². The lowest BCUT2D eigenvalue weighted by Gasteiger charge is -2.15. The third-order valence-corrected chi connectivity index (χ3v) is 5.79. The lowest BCUT2D eigenvalue weighted by atomic mass is 10.1. The van der Waals surface area contributed by atoms with Crippen molar-refractivity contribution in [3.8, 4) is 34.3 Å². The minimum Gasteiger partial charge on any atom is -0.493 e. The number of hydrogen-bond donors (Lipinski definition) is 0. The largest absolute Gasteiger partial charge is 0.493 e. The molecule has 0 aliphatic rings. The monoisotopic (exact) mass is 472 g/mol. The molecule has 5 rings (SSSR count). The van der Waals surface area contributed by atoms with Gasteiger partial charge in [0.25, 0.3) is 0 Å². The molecule has 2 aromatic heterocycles. The highest BCUT2D eigenvalue weighted by Gasteiger charge is 2.21. The predicted molar refractivity (Wildman–Crippen MR) is 133 cm³/mol. The molecule has 2 heterocycles. The van der Waals surface area contributed by atoms with Crippen molar-refractivity contribution in [2.45, 2.75) is 6.54 Å². The summed E-state index contributed by atoms with van der Waals surface area (Å²) in [5.74, 6) is 1.97. The van der Waals surface area contributed by atoms with Crippen molar-refractivity contribution >= 4 is 22.0 Å². The Balaban J connectivity index is 1.49. The summed E-state index contributed by atoms with van der Waals surface area (Å²) < 4.78 is 30.6. The smallest absolute Gasteiger partial charge is 0.204 e. The molecule has 0 radical (unpaired) electrons. The Kier molecular flexibility index (Phi) is 6.01. The number of ether oxygens (including phenoxy) is 4. The van der Waals surface area contributed by atoms with Crippen molar-refractivity contribution < 1.29 is 23.4 Å². The highest BCUT2D eigenvalue weighted by atomic mass is 16.5. The van der Waals surface area contributed by atoms with Crippen LogP contribution in [0.3, 0.4) is 0 Å². The second kappa shape index (κ2) is 9.42. The molecule has 8 nitrogen and oxygen atoms in total. The zero-order valence-corrected chi connectivity index (χ0v) is 19.6. The number of aromatic nitrogens is 2. The number of para-hydroxylation sites is 3. The summed E-state index contributed by atoms with van der Waals surface area (Å²) in [6, 6.07) is 18.4. The van der Waals surface area contributed by atoms with Gasteiger partial charge in [0.2, 0.25) is 5.75 Å². The van der Waals surface area contributed by atoms with Crippen LogP contribution >= 0.6 is 0 Å². The predicted octanol–water partition coefficient (Wildman–Crippen LogP) is 4.91. The Hall–Kier alpha value is -4.46. The maximum absolute atomic E-state index is 13.1. The Labute approximate surface area is 201 Å². The number of imidazole rings is 1. The highest BCUT2D eigenvalue weighted by Crippen LogP contribution is 2.43. The van der Waals surface area contributed by atoms with Gasteiger partial charge in [-0.05, 0) is 24.3 Å². The molecular weight excluding hydrogens is 448 g/mol. The van der Waals surface area contributed by atoms with E-state index in [0.717, 1.165) is 11.0 Å². The Morgan fingerprint density at radius 1 is 0.886 bits per heavy atom. The molecule has 0 unspecified atom stereocenters. The molecule has 8 heteroatoms. The van der Waals surface area contributed by atoms with Crippen LogP contribution < -0.4 is 24.4 Å². The van der Waals surface area contributed by atoms with E-state index >= 15 is 0 Å². The molecule has 0 bridgehead atoms. The van der Waals surface area contributed by atoms with Gasteiger partial charge in [-0.1, -0.05) is 24.3 Å². The van der Waals surface area contributed by atoms with Gasteiger partial charge in [0.05, 0.1) is 50.8 Å². The van der Waals surface area contributed by atoms with Crippen LogP contribution in [0, 0.1) is 0 Å². The fourth-order valence-corrected chi connectivity index (χ4v) is 4.16. The summed E-state index contributed by atoms with van der Waals surface area (Å²) >= 11 is 0. The third kappa shape index (κ3) is 4.03. The van der Waals surface area contributed by atoms with E-state index in [1.165, 1.54) is 27.4 Å². The van der Waals surface area contributed by atoms with Gasteiger partial charge in [-0.2, -0.15) is 0 Å². The molecule has 35 heavy (non-hydrogen) atoms. The molecule has 0 saturated carbocycles. The van der Waals surface area contributed by atoms with E-state index in [1.807, 2.05) is 53.1 Å². The lowest BCUT2D eigenvalue weighted by Crippen LogP contribution is -2.08. The topological polar surface area (TPSA) is 85.0 Å². The highest BCUT2D eigenvalue weighted by molar-refractivity contribution is 5.90. The molecule has 0 saturated heterocycles. The number of hydrogen-bond acceptors (Lipinski definition) is 7. The standard InChI is InChI=1S/C27H24N2O6/c1-31-24-15-23-25(27(33-3)26(24)32-2)20(30)14-22(35-23)17-8-4-7-11-21(17)34-13-12-29-16-28-18-9-5-6-10-19(18)29/h4-11,14-16H,12-13H2,1-3H3.